The van der Waals surface area contributed by atoms with Crippen molar-refractivity contribution in [3.63, 3.8) is 0 Å². The number of para-hydroxylation sites is 2. The van der Waals surface area contributed by atoms with Crippen molar-refractivity contribution in [2.24, 2.45) is 5.92 Å². The Morgan fingerprint density at radius 1 is 1.40 bits per heavy atom. The van der Waals surface area contributed by atoms with E-state index in [1.54, 1.807) is 6.07 Å². The number of hydrogen-bond acceptors (Lipinski definition) is 3. The van der Waals surface area contributed by atoms with Gasteiger partial charge in [0.25, 0.3) is 0 Å². The van der Waals surface area contributed by atoms with Gasteiger partial charge in [-0.1, -0.05) is 26.0 Å². The predicted molar refractivity (Wildman–Crippen MR) is 80.5 cm³/mol. The fourth-order valence-corrected chi connectivity index (χ4v) is 2.24. The summed E-state index contributed by atoms with van der Waals surface area (Å²) in [7, 11) is 0. The molecule has 0 heterocycles. The minimum Gasteiger partial charge on any atom is -0.491 e. The van der Waals surface area contributed by atoms with Crippen LogP contribution in [-0.4, -0.2) is 30.0 Å². The topological polar surface area (TPSA) is 55.6 Å². The van der Waals surface area contributed by atoms with Crippen LogP contribution in [0.1, 0.15) is 33.1 Å². The van der Waals surface area contributed by atoms with E-state index >= 15 is 0 Å². The molecule has 0 atom stereocenters. The number of carbonyl (C=O) groups excluding carboxylic acids is 1. The van der Waals surface area contributed by atoms with Crippen LogP contribution in [-0.2, 0) is 4.79 Å². The van der Waals surface area contributed by atoms with Crippen molar-refractivity contribution in [2.45, 2.75) is 39.2 Å². The molecule has 0 radical (unpaired) electrons. The van der Waals surface area contributed by atoms with Gasteiger partial charge in [0.15, 0.2) is 0 Å². The molecule has 0 aromatic heterocycles. The number of ether oxygens (including phenoxy) is 1. The number of rotatable bonds is 7. The lowest BCUT2D eigenvalue weighted by atomic mass is 10.2. The number of carbonyl (C=O) groups is 1. The summed E-state index contributed by atoms with van der Waals surface area (Å²) in [6, 6.07) is 7.83. The third-order valence-electron chi connectivity index (χ3n) is 3.36. The van der Waals surface area contributed by atoms with E-state index in [1.807, 2.05) is 23.1 Å². The van der Waals surface area contributed by atoms with Gasteiger partial charge in [0.1, 0.15) is 5.75 Å². The summed E-state index contributed by atoms with van der Waals surface area (Å²) in [4.78, 5) is 14.3. The molecule has 20 heavy (non-hydrogen) atoms. The Bertz CT molecular complexity index is 456. The first kappa shape index (κ1) is 14.7. The molecule has 1 aromatic rings. The zero-order valence-electron chi connectivity index (χ0n) is 12.3. The van der Waals surface area contributed by atoms with Gasteiger partial charge >= 0.3 is 0 Å². The zero-order chi connectivity index (χ0) is 14.5. The van der Waals surface area contributed by atoms with E-state index in [1.165, 1.54) is 0 Å². The van der Waals surface area contributed by atoms with Gasteiger partial charge in [-0.2, -0.15) is 0 Å². The highest BCUT2D eigenvalue weighted by Crippen LogP contribution is 2.28. The second kappa shape index (κ2) is 6.64. The number of benzene rings is 1. The number of nitrogens with zero attached hydrogens (tertiary/aromatic N) is 1. The summed E-state index contributed by atoms with van der Waals surface area (Å²) >= 11 is 0. The summed E-state index contributed by atoms with van der Waals surface area (Å²) in [5, 5.41) is 0. The van der Waals surface area contributed by atoms with Gasteiger partial charge in [-0.3, -0.25) is 4.79 Å². The highest BCUT2D eigenvalue weighted by Gasteiger charge is 2.32. The maximum Gasteiger partial charge on any atom is 0.226 e. The molecule has 110 valence electrons. The Morgan fingerprint density at radius 3 is 2.70 bits per heavy atom. The fraction of sp³-hybridized carbons (Fsp3) is 0.562. The molecule has 2 N–H and O–H groups in total. The van der Waals surface area contributed by atoms with Gasteiger partial charge in [0.05, 0.1) is 18.7 Å². The van der Waals surface area contributed by atoms with Crippen LogP contribution < -0.4 is 10.5 Å². The molecule has 1 amide bonds. The third-order valence-corrected chi connectivity index (χ3v) is 3.36. The fourth-order valence-electron chi connectivity index (χ4n) is 2.24. The van der Waals surface area contributed by atoms with Gasteiger partial charge in [0, 0.05) is 12.6 Å². The molecule has 1 saturated carbocycles. The smallest absolute Gasteiger partial charge is 0.226 e. The van der Waals surface area contributed by atoms with E-state index in [9.17, 15) is 4.79 Å². The molecule has 1 aliphatic rings. The molecule has 1 fully saturated rings. The maximum atomic E-state index is 12.2. The van der Waals surface area contributed by atoms with Crippen molar-refractivity contribution >= 4 is 11.6 Å². The Balaban J connectivity index is 1.80. The van der Waals surface area contributed by atoms with E-state index in [0.717, 1.165) is 19.4 Å². The first-order chi connectivity index (χ1) is 9.58. The van der Waals surface area contributed by atoms with Crippen molar-refractivity contribution in [3.8, 4) is 5.75 Å². The van der Waals surface area contributed by atoms with Gasteiger partial charge in [-0.05, 0) is 30.9 Å². The molecule has 1 aliphatic carbocycles. The van der Waals surface area contributed by atoms with Crippen LogP contribution in [0.4, 0.5) is 5.69 Å². The highest BCUT2D eigenvalue weighted by molar-refractivity contribution is 5.77. The van der Waals surface area contributed by atoms with Gasteiger partial charge in [0.2, 0.25) is 5.91 Å². The normalized spacial score (nSPS) is 14.3. The van der Waals surface area contributed by atoms with Crippen molar-refractivity contribution in [3.05, 3.63) is 24.3 Å². The van der Waals surface area contributed by atoms with E-state index in [4.69, 9.17) is 10.5 Å². The average Bonchev–Trinajstić information content (AvgIpc) is 3.22. The molecule has 4 nitrogen and oxygen atoms in total. The summed E-state index contributed by atoms with van der Waals surface area (Å²) in [5.41, 5.74) is 6.41. The molecular weight excluding hydrogens is 252 g/mol. The Labute approximate surface area is 120 Å². The van der Waals surface area contributed by atoms with E-state index in [0.29, 0.717) is 36.4 Å². The van der Waals surface area contributed by atoms with Crippen LogP contribution in [0.2, 0.25) is 0 Å². The Kier molecular flexibility index (Phi) is 4.88. The van der Waals surface area contributed by atoms with Crippen molar-refractivity contribution in [2.75, 3.05) is 18.9 Å². The monoisotopic (exact) mass is 276 g/mol. The standard InChI is InChI=1S/C16H24N2O2/c1-12(2)11-18(13-7-8-13)16(19)9-10-20-15-6-4-3-5-14(15)17/h3-6,12-13H,7-11,17H2,1-2H3. The van der Waals surface area contributed by atoms with E-state index in [2.05, 4.69) is 13.8 Å². The van der Waals surface area contributed by atoms with E-state index < -0.39 is 0 Å². The van der Waals surface area contributed by atoms with Gasteiger partial charge in [-0.15, -0.1) is 0 Å². The SMILES string of the molecule is CC(C)CN(C(=O)CCOc1ccccc1N)C1CC1. The molecule has 0 spiro atoms. The Hall–Kier alpha value is -1.71. The van der Waals surface area contributed by atoms with Gasteiger partial charge in [-0.25, -0.2) is 0 Å². The van der Waals surface area contributed by atoms with Crippen molar-refractivity contribution in [1.82, 2.24) is 4.90 Å². The minimum absolute atomic E-state index is 0.190. The van der Waals surface area contributed by atoms with Crippen molar-refractivity contribution < 1.29 is 9.53 Å². The highest BCUT2D eigenvalue weighted by atomic mass is 16.5. The molecular formula is C16H24N2O2. The number of amides is 1. The quantitative estimate of drug-likeness (QED) is 0.779. The van der Waals surface area contributed by atoms with E-state index in [-0.39, 0.29) is 5.91 Å². The zero-order valence-corrected chi connectivity index (χ0v) is 12.3. The third kappa shape index (κ3) is 4.15. The van der Waals surface area contributed by atoms with Crippen LogP contribution >= 0.6 is 0 Å². The second-order valence-corrected chi connectivity index (χ2v) is 5.81. The van der Waals surface area contributed by atoms with Gasteiger partial charge < -0.3 is 15.4 Å². The first-order valence-electron chi connectivity index (χ1n) is 7.34. The molecule has 2 rings (SSSR count). The number of nitrogens with two attached hydrogens (primary N) is 1. The van der Waals surface area contributed by atoms with Crippen LogP contribution in [0.25, 0.3) is 0 Å². The average molecular weight is 276 g/mol. The molecule has 0 bridgehead atoms. The lowest BCUT2D eigenvalue weighted by Crippen LogP contribution is -2.36. The molecule has 4 heteroatoms. The van der Waals surface area contributed by atoms with Crippen LogP contribution in [0.3, 0.4) is 0 Å². The van der Waals surface area contributed by atoms with Crippen LogP contribution in [0, 0.1) is 5.92 Å². The molecule has 0 unspecified atom stereocenters. The first-order valence-corrected chi connectivity index (χ1v) is 7.34. The van der Waals surface area contributed by atoms with Crippen LogP contribution in [0.5, 0.6) is 5.75 Å². The largest absolute Gasteiger partial charge is 0.491 e. The second-order valence-electron chi connectivity index (χ2n) is 5.81. The van der Waals surface area contributed by atoms with Crippen molar-refractivity contribution in [1.29, 1.82) is 0 Å². The summed E-state index contributed by atoms with van der Waals surface area (Å²) < 4.78 is 5.59. The number of anilines is 1. The number of hydrogen-bond donors (Lipinski definition) is 1. The maximum absolute atomic E-state index is 12.2. The predicted octanol–water partition coefficient (Wildman–Crippen LogP) is 2.68. The molecule has 0 aliphatic heterocycles. The Morgan fingerprint density at radius 2 is 2.10 bits per heavy atom. The summed E-state index contributed by atoms with van der Waals surface area (Å²) in [6.07, 6.45) is 2.70. The molecule has 0 saturated heterocycles. The lowest BCUT2D eigenvalue weighted by Gasteiger charge is -2.24. The summed E-state index contributed by atoms with van der Waals surface area (Å²) in [6.45, 7) is 5.51. The lowest BCUT2D eigenvalue weighted by molar-refractivity contribution is -0.132. The number of nitrogen functional groups attached to an aromatic ring is 1. The summed E-state index contributed by atoms with van der Waals surface area (Å²) in [5.74, 6) is 1.35. The minimum atomic E-state index is 0.190. The molecule has 1 aromatic carbocycles. The van der Waals surface area contributed by atoms with Crippen LogP contribution in [0.15, 0.2) is 24.3 Å².